The van der Waals surface area contributed by atoms with Gasteiger partial charge in [0.15, 0.2) is 0 Å². The largest absolute Gasteiger partial charge is 0.338 e. The smallest absolute Gasteiger partial charge is 0.319 e. The van der Waals surface area contributed by atoms with E-state index < -0.39 is 0 Å². The van der Waals surface area contributed by atoms with Gasteiger partial charge in [0.05, 0.1) is 0 Å². The standard InChI is InChI=1S/C19H27N5O3/c1-14-3-2-10-24(13-14)17(25)15-4-6-16(7-5-15)22-18(26)20-8-11-23-12-9-21-19(23)27/h4-7,14H,2-3,8-13H2,1H3,(H,21,27)(H2,20,22,26). The molecule has 8 heteroatoms. The number of amides is 5. The molecular weight excluding hydrogens is 346 g/mol. The summed E-state index contributed by atoms with van der Waals surface area (Å²) in [5, 5.41) is 8.18. The van der Waals surface area contributed by atoms with Gasteiger partial charge >= 0.3 is 12.1 Å². The van der Waals surface area contributed by atoms with Gasteiger partial charge in [-0.15, -0.1) is 0 Å². The zero-order valence-corrected chi connectivity index (χ0v) is 15.7. The number of carbonyl (C=O) groups excluding carboxylic acids is 3. The molecule has 0 saturated carbocycles. The molecule has 1 aromatic rings. The van der Waals surface area contributed by atoms with Crippen LogP contribution in [0.3, 0.4) is 0 Å². The Labute approximate surface area is 159 Å². The number of nitrogens with one attached hydrogen (secondary N) is 3. The first kappa shape index (κ1) is 19.0. The normalized spacial score (nSPS) is 19.6. The quantitative estimate of drug-likeness (QED) is 0.733. The van der Waals surface area contributed by atoms with Crippen molar-refractivity contribution < 1.29 is 14.4 Å². The summed E-state index contributed by atoms with van der Waals surface area (Å²) in [4.78, 5) is 39.5. The first-order valence-electron chi connectivity index (χ1n) is 9.50. The van der Waals surface area contributed by atoms with Crippen LogP contribution in [0.2, 0.25) is 0 Å². The predicted octanol–water partition coefficient (Wildman–Crippen LogP) is 1.71. The molecule has 1 atom stereocenters. The van der Waals surface area contributed by atoms with Crippen LogP contribution in [0.4, 0.5) is 15.3 Å². The number of benzene rings is 1. The van der Waals surface area contributed by atoms with Crippen LogP contribution in [0.15, 0.2) is 24.3 Å². The van der Waals surface area contributed by atoms with E-state index >= 15 is 0 Å². The molecule has 2 saturated heterocycles. The van der Waals surface area contributed by atoms with E-state index in [0.29, 0.717) is 43.3 Å². The molecule has 2 heterocycles. The van der Waals surface area contributed by atoms with Crippen LogP contribution in [-0.4, -0.2) is 67.0 Å². The maximum atomic E-state index is 12.6. The molecule has 2 aliphatic heterocycles. The van der Waals surface area contributed by atoms with Gasteiger partial charge in [0.2, 0.25) is 0 Å². The Hall–Kier alpha value is -2.77. The van der Waals surface area contributed by atoms with Crippen molar-refractivity contribution in [3.8, 4) is 0 Å². The summed E-state index contributed by atoms with van der Waals surface area (Å²) in [5.74, 6) is 0.584. The lowest BCUT2D eigenvalue weighted by atomic mass is 9.99. The highest BCUT2D eigenvalue weighted by Crippen LogP contribution is 2.19. The van der Waals surface area contributed by atoms with E-state index in [-0.39, 0.29) is 18.0 Å². The molecule has 0 aliphatic carbocycles. The number of hydrogen-bond donors (Lipinski definition) is 3. The van der Waals surface area contributed by atoms with Crippen molar-refractivity contribution in [2.45, 2.75) is 19.8 Å². The number of nitrogens with zero attached hydrogens (tertiary/aromatic N) is 2. The zero-order chi connectivity index (χ0) is 19.2. The van der Waals surface area contributed by atoms with Crippen molar-refractivity contribution in [3.05, 3.63) is 29.8 Å². The van der Waals surface area contributed by atoms with Gasteiger partial charge in [-0.1, -0.05) is 6.92 Å². The second-order valence-corrected chi connectivity index (χ2v) is 7.18. The maximum absolute atomic E-state index is 12.6. The van der Waals surface area contributed by atoms with E-state index in [0.717, 1.165) is 19.5 Å². The Morgan fingerprint density at radius 1 is 1.22 bits per heavy atom. The fourth-order valence-electron chi connectivity index (χ4n) is 3.46. The molecule has 27 heavy (non-hydrogen) atoms. The summed E-state index contributed by atoms with van der Waals surface area (Å²) in [6.45, 7) is 5.93. The van der Waals surface area contributed by atoms with Gasteiger partial charge in [-0.2, -0.15) is 0 Å². The van der Waals surface area contributed by atoms with E-state index in [1.807, 2.05) is 4.90 Å². The lowest BCUT2D eigenvalue weighted by molar-refractivity contribution is 0.0683. The minimum Gasteiger partial charge on any atom is -0.338 e. The Bertz CT molecular complexity index is 691. The Kier molecular flexibility index (Phi) is 6.16. The van der Waals surface area contributed by atoms with Gasteiger partial charge in [0.25, 0.3) is 5.91 Å². The average Bonchev–Trinajstić information content (AvgIpc) is 3.07. The van der Waals surface area contributed by atoms with Gasteiger partial charge in [-0.25, -0.2) is 9.59 Å². The summed E-state index contributed by atoms with van der Waals surface area (Å²) in [6.07, 6.45) is 2.22. The SMILES string of the molecule is CC1CCCN(C(=O)c2ccc(NC(=O)NCCN3CCNC3=O)cc2)C1. The molecule has 0 aromatic heterocycles. The van der Waals surface area contributed by atoms with Gasteiger partial charge < -0.3 is 25.8 Å². The van der Waals surface area contributed by atoms with Crippen molar-refractivity contribution in [2.24, 2.45) is 5.92 Å². The number of anilines is 1. The topological polar surface area (TPSA) is 93.8 Å². The van der Waals surface area contributed by atoms with Crippen LogP contribution in [0.1, 0.15) is 30.1 Å². The summed E-state index contributed by atoms with van der Waals surface area (Å²) < 4.78 is 0. The number of urea groups is 2. The molecule has 3 N–H and O–H groups in total. The van der Waals surface area contributed by atoms with Crippen LogP contribution < -0.4 is 16.0 Å². The third-order valence-electron chi connectivity index (χ3n) is 4.95. The molecule has 3 rings (SSSR count). The molecule has 0 radical (unpaired) electrons. The van der Waals surface area contributed by atoms with E-state index in [1.54, 1.807) is 29.2 Å². The first-order valence-corrected chi connectivity index (χ1v) is 9.50. The van der Waals surface area contributed by atoms with Crippen LogP contribution in [0.25, 0.3) is 0 Å². The minimum atomic E-state index is -0.335. The zero-order valence-electron chi connectivity index (χ0n) is 15.7. The van der Waals surface area contributed by atoms with Gasteiger partial charge in [-0.3, -0.25) is 4.79 Å². The highest BCUT2D eigenvalue weighted by molar-refractivity contribution is 5.95. The maximum Gasteiger partial charge on any atom is 0.319 e. The van der Waals surface area contributed by atoms with Crippen LogP contribution in [0.5, 0.6) is 0 Å². The first-order chi connectivity index (χ1) is 13.0. The number of carbonyl (C=O) groups is 3. The lowest BCUT2D eigenvalue weighted by Crippen LogP contribution is -2.39. The number of rotatable bonds is 5. The van der Waals surface area contributed by atoms with Gasteiger partial charge in [0, 0.05) is 50.5 Å². The van der Waals surface area contributed by atoms with Crippen LogP contribution in [0, 0.1) is 5.92 Å². The highest BCUT2D eigenvalue weighted by Gasteiger charge is 2.22. The van der Waals surface area contributed by atoms with Crippen molar-refractivity contribution in [3.63, 3.8) is 0 Å². The van der Waals surface area contributed by atoms with E-state index in [1.165, 1.54) is 6.42 Å². The van der Waals surface area contributed by atoms with Crippen molar-refractivity contribution in [2.75, 3.05) is 44.6 Å². The second-order valence-electron chi connectivity index (χ2n) is 7.18. The van der Waals surface area contributed by atoms with Crippen molar-refractivity contribution in [1.29, 1.82) is 0 Å². The fourth-order valence-corrected chi connectivity index (χ4v) is 3.46. The van der Waals surface area contributed by atoms with Gasteiger partial charge in [0.1, 0.15) is 0 Å². The average molecular weight is 373 g/mol. The fraction of sp³-hybridized carbons (Fsp3) is 0.526. The molecule has 8 nitrogen and oxygen atoms in total. The molecule has 2 fully saturated rings. The molecule has 0 spiro atoms. The third kappa shape index (κ3) is 5.12. The molecule has 2 aliphatic rings. The molecule has 0 bridgehead atoms. The van der Waals surface area contributed by atoms with E-state index in [4.69, 9.17) is 0 Å². The monoisotopic (exact) mass is 373 g/mol. The van der Waals surface area contributed by atoms with Crippen LogP contribution >= 0.6 is 0 Å². The van der Waals surface area contributed by atoms with E-state index in [9.17, 15) is 14.4 Å². The van der Waals surface area contributed by atoms with Gasteiger partial charge in [-0.05, 0) is 43.0 Å². The highest BCUT2D eigenvalue weighted by atomic mass is 16.2. The molecule has 146 valence electrons. The van der Waals surface area contributed by atoms with Crippen molar-refractivity contribution >= 4 is 23.7 Å². The summed E-state index contributed by atoms with van der Waals surface area (Å²) >= 11 is 0. The number of piperidine rings is 1. The second kappa shape index (κ2) is 8.75. The van der Waals surface area contributed by atoms with E-state index in [2.05, 4.69) is 22.9 Å². The van der Waals surface area contributed by atoms with Crippen LogP contribution in [-0.2, 0) is 0 Å². The summed E-state index contributed by atoms with van der Waals surface area (Å²) in [5.41, 5.74) is 1.25. The summed E-state index contributed by atoms with van der Waals surface area (Å²) in [6, 6.07) is 6.51. The summed E-state index contributed by atoms with van der Waals surface area (Å²) in [7, 11) is 0. The Balaban J connectivity index is 1.44. The Morgan fingerprint density at radius 2 is 2.00 bits per heavy atom. The molecule has 1 unspecified atom stereocenters. The Morgan fingerprint density at radius 3 is 2.67 bits per heavy atom. The molecular formula is C19H27N5O3. The third-order valence-corrected chi connectivity index (χ3v) is 4.95. The minimum absolute atomic E-state index is 0.0430. The number of likely N-dealkylation sites (tertiary alicyclic amines) is 1. The number of hydrogen-bond acceptors (Lipinski definition) is 3. The lowest BCUT2D eigenvalue weighted by Gasteiger charge is -2.31. The van der Waals surface area contributed by atoms with Crippen molar-refractivity contribution in [1.82, 2.24) is 20.4 Å². The molecule has 1 aromatic carbocycles. The predicted molar refractivity (Wildman–Crippen MR) is 103 cm³/mol. The molecule has 5 amide bonds.